The molecule has 0 fully saturated rings. The first-order chi connectivity index (χ1) is 3.00. The molecule has 0 heterocycles. The zero-order chi connectivity index (χ0) is 6.00. The van der Waals surface area contributed by atoms with Gasteiger partial charge >= 0.3 is 20.2 Å². The maximum absolute atomic E-state index is 6.25. The first-order valence-corrected chi connectivity index (χ1v) is 1.18. The Labute approximate surface area is 44.6 Å². The van der Waals surface area contributed by atoms with Crippen molar-refractivity contribution in [2.75, 3.05) is 0 Å². The maximum atomic E-state index is 6.25. The van der Waals surface area contributed by atoms with Crippen LogP contribution in [0.5, 0.6) is 0 Å². The molecule has 0 aliphatic carbocycles. The summed E-state index contributed by atoms with van der Waals surface area (Å²) in [6.07, 6.45) is 0. The second-order valence-corrected chi connectivity index (χ2v) is 0. The van der Waals surface area contributed by atoms with Crippen LogP contribution in [0, 0.1) is 28.0 Å². The van der Waals surface area contributed by atoms with E-state index in [4.69, 9.17) is 28.0 Å². The summed E-state index contributed by atoms with van der Waals surface area (Å²) in [6, 6.07) is 0. The van der Waals surface area contributed by atoms with E-state index in [0.717, 1.165) is 0 Å². The van der Waals surface area contributed by atoms with Crippen LogP contribution in [-0.4, -0.2) is 0 Å². The Morgan fingerprint density at radius 2 is 1.00 bits per heavy atom. The van der Waals surface area contributed by atoms with Gasteiger partial charge in [0.25, 0.3) is 0 Å². The molecule has 34 valence electrons. The molecule has 0 aromatic heterocycles. The van der Waals surface area contributed by atoms with Crippen molar-refractivity contribution in [1.29, 1.82) is 14.9 Å². The van der Waals surface area contributed by atoms with Crippen molar-refractivity contribution in [3.8, 4) is 0 Å². The van der Waals surface area contributed by atoms with Crippen LogP contribution in [0.15, 0.2) is 0 Å². The normalized spacial score (nSPS) is 1.50. The fraction of sp³-hybridized carbons (Fsp3) is 0. The van der Waals surface area contributed by atoms with Gasteiger partial charge in [-0.1, -0.05) is 0 Å². The van der Waals surface area contributed by atoms with Crippen molar-refractivity contribution in [3.63, 3.8) is 0 Å². The molecule has 0 saturated carbocycles. The average molecular weight is 123 g/mol. The first kappa shape index (κ1) is 18.5. The third kappa shape index (κ3) is 35.6. The quantitative estimate of drug-likeness (QED) is 0.376. The van der Waals surface area contributed by atoms with E-state index >= 15 is 0 Å². The van der Waals surface area contributed by atoms with Crippen LogP contribution in [-0.2, 0) is 15.8 Å². The fourth-order valence-corrected chi connectivity index (χ4v) is 0. The predicted molar refractivity (Wildman–Crippen MR) is 12.7 cm³/mol. The molecule has 0 aliphatic rings. The molecule has 0 bridgehead atoms. The molecule has 0 atom stereocenters. The van der Waals surface area contributed by atoms with Gasteiger partial charge in [0.15, 0.2) is 0 Å². The van der Waals surface area contributed by atoms with E-state index in [-0.39, 0.29) is 0 Å². The molecule has 0 radical (unpaired) electrons. The second kappa shape index (κ2) is 95.4. The van der Waals surface area contributed by atoms with Crippen LogP contribution in [0.3, 0.4) is 0 Å². The summed E-state index contributed by atoms with van der Waals surface area (Å²) >= 11 is 2.50. The minimum atomic E-state index is 2.50. The van der Waals surface area contributed by atoms with Crippen LogP contribution >= 0.6 is 0 Å². The van der Waals surface area contributed by atoms with E-state index in [0.29, 0.717) is 0 Å². The molecule has 6 heavy (non-hydrogen) atoms. The van der Waals surface area contributed by atoms with E-state index in [1.54, 1.807) is 0 Å². The molecule has 0 aliphatic heterocycles. The molecule has 0 saturated heterocycles. The molecular weight excluding hydrogens is 122 g/mol. The van der Waals surface area contributed by atoms with Crippen LogP contribution in [0.4, 0.5) is 0 Å². The standard InChI is InChI=1S/2CN.Fe.HN/c2*1-2;;/h;;;1H/q2*-1;;. The summed E-state index contributed by atoms with van der Waals surface area (Å²) in [5.74, 6) is 0. The van der Waals surface area contributed by atoms with Gasteiger partial charge in [0.1, 0.15) is 0 Å². The Morgan fingerprint density at radius 1 is 1.00 bits per heavy atom. The van der Waals surface area contributed by atoms with Crippen molar-refractivity contribution in [2.24, 2.45) is 0 Å². The topological polar surface area (TPSA) is 71.4 Å². The van der Waals surface area contributed by atoms with E-state index < -0.39 is 0 Å². The molecule has 1 N–H and O–H groups in total. The van der Waals surface area contributed by atoms with Gasteiger partial charge in [0.2, 0.25) is 0 Å². The molecule has 0 unspecified atom stereocenters. The van der Waals surface area contributed by atoms with Crippen molar-refractivity contribution in [1.82, 2.24) is 0 Å². The van der Waals surface area contributed by atoms with E-state index in [9.17, 15) is 0 Å². The molecule has 4 heteroatoms. The SMILES string of the molecule is [C-]#N.[C-]#N.[NH]=[Fe]. The van der Waals surface area contributed by atoms with Gasteiger partial charge in [-0.25, -0.2) is 0 Å². The number of nitrogens with zero attached hydrogens (tertiary/aromatic N) is 2. The van der Waals surface area contributed by atoms with E-state index in [2.05, 4.69) is 15.8 Å². The Kier molecular flexibility index (Phi) is 295. The third-order valence-corrected chi connectivity index (χ3v) is 0. The summed E-state index contributed by atoms with van der Waals surface area (Å²) in [6.45, 7) is 9.50. The Bertz CT molecular complexity index is 32.5. The second-order valence-electron chi connectivity index (χ2n) is 0. The van der Waals surface area contributed by atoms with Crippen molar-refractivity contribution in [3.05, 3.63) is 13.1 Å². The van der Waals surface area contributed by atoms with Crippen molar-refractivity contribution < 1.29 is 15.8 Å². The van der Waals surface area contributed by atoms with Gasteiger partial charge in [0.05, 0.1) is 0 Å². The molecule has 0 aromatic rings. The molecule has 0 rings (SSSR count). The summed E-state index contributed by atoms with van der Waals surface area (Å²) in [7, 11) is 0. The van der Waals surface area contributed by atoms with Crippen molar-refractivity contribution in [2.45, 2.75) is 0 Å². The monoisotopic (exact) mass is 123 g/mol. The minimum absolute atomic E-state index is 2.50. The van der Waals surface area contributed by atoms with Gasteiger partial charge in [-0.2, -0.15) is 0 Å². The van der Waals surface area contributed by atoms with Crippen molar-refractivity contribution >= 4 is 0 Å². The zero-order valence-electron chi connectivity index (χ0n) is 2.75. The zero-order valence-corrected chi connectivity index (χ0v) is 3.85. The van der Waals surface area contributed by atoms with Gasteiger partial charge in [-0.05, 0) is 0 Å². The van der Waals surface area contributed by atoms with Crippen LogP contribution in [0.2, 0.25) is 0 Å². The Morgan fingerprint density at radius 3 is 1.00 bits per heavy atom. The van der Waals surface area contributed by atoms with Gasteiger partial charge < -0.3 is 23.7 Å². The molecule has 0 spiro atoms. The van der Waals surface area contributed by atoms with Crippen LogP contribution < -0.4 is 0 Å². The van der Waals surface area contributed by atoms with Gasteiger partial charge in [0, 0.05) is 0 Å². The number of nitrogens with one attached hydrogen (secondary N) is 1. The van der Waals surface area contributed by atoms with Gasteiger partial charge in [-0.15, -0.1) is 0 Å². The molecule has 3 nitrogen and oxygen atoms in total. The first-order valence-electron chi connectivity index (χ1n) is 0.624. The number of hydrogen-bond acceptors (Lipinski definition) is 3. The summed E-state index contributed by atoms with van der Waals surface area (Å²) in [4.78, 5) is 0. The van der Waals surface area contributed by atoms with Gasteiger partial charge in [-0.3, -0.25) is 0 Å². The summed E-state index contributed by atoms with van der Waals surface area (Å²) < 4.78 is 5.50. The third-order valence-electron chi connectivity index (χ3n) is 0. The average Bonchev–Trinajstić information content (AvgIpc) is 1.81. The Balaban J connectivity index is -0.0000000225. The fourth-order valence-electron chi connectivity index (χ4n) is 0. The summed E-state index contributed by atoms with van der Waals surface area (Å²) in [5, 5.41) is 12.5. The van der Waals surface area contributed by atoms with E-state index in [1.165, 1.54) is 0 Å². The number of rotatable bonds is 0. The van der Waals surface area contributed by atoms with Crippen LogP contribution in [0.1, 0.15) is 0 Å². The Hall–Kier alpha value is -0.701. The molecular formula is C2HFeN3-2. The van der Waals surface area contributed by atoms with Crippen LogP contribution in [0.25, 0.3) is 0 Å². The number of hydrogen-bond donors (Lipinski definition) is 1. The van der Waals surface area contributed by atoms with E-state index in [1.807, 2.05) is 0 Å². The molecule has 0 aromatic carbocycles. The molecule has 0 amide bonds. The predicted octanol–water partition coefficient (Wildman–Crippen LogP) is 0.488. The summed E-state index contributed by atoms with van der Waals surface area (Å²) in [5.41, 5.74) is 0.